The number of hydrogen-bond acceptors (Lipinski definition) is 4. The predicted molar refractivity (Wildman–Crippen MR) is 67.3 cm³/mol. The topological polar surface area (TPSA) is 53.4 Å². The fraction of sp³-hybridized carbons (Fsp3) is 0.667. The maximum atomic E-state index is 12.3. The Morgan fingerprint density at radius 2 is 2.24 bits per heavy atom. The number of likely N-dealkylation sites (tertiary alicyclic amines) is 1. The van der Waals surface area contributed by atoms with Crippen LogP contribution in [0.4, 0.5) is 0 Å². The number of hydrogen-bond donors (Lipinski definition) is 1. The molecule has 17 heavy (non-hydrogen) atoms. The molecule has 0 saturated carbocycles. The summed E-state index contributed by atoms with van der Waals surface area (Å²) in [6, 6.07) is 0. The lowest BCUT2D eigenvalue weighted by atomic mass is 9.96. The summed E-state index contributed by atoms with van der Waals surface area (Å²) in [4.78, 5) is 19.2. The van der Waals surface area contributed by atoms with Crippen molar-refractivity contribution >= 4 is 17.2 Å². The molecule has 2 rings (SSSR count). The van der Waals surface area contributed by atoms with Crippen molar-refractivity contribution < 1.29 is 9.90 Å². The molecule has 1 aromatic heterocycles. The van der Waals surface area contributed by atoms with Crippen LogP contribution in [0.25, 0.3) is 0 Å². The van der Waals surface area contributed by atoms with Crippen LogP contribution < -0.4 is 0 Å². The van der Waals surface area contributed by atoms with Crippen molar-refractivity contribution in [3.8, 4) is 0 Å². The highest BCUT2D eigenvalue weighted by atomic mass is 32.1. The summed E-state index contributed by atoms with van der Waals surface area (Å²) in [6.07, 6.45) is 0.396. The predicted octanol–water partition coefficient (Wildman–Crippen LogP) is 1.60. The Morgan fingerprint density at radius 1 is 1.53 bits per heavy atom. The summed E-state index contributed by atoms with van der Waals surface area (Å²) in [6.45, 7) is 7.04. The minimum absolute atomic E-state index is 0.0619. The average Bonchev–Trinajstić information content (AvgIpc) is 2.61. The molecular weight excluding hydrogens is 236 g/mol. The Labute approximate surface area is 105 Å². The molecule has 5 heteroatoms. The summed E-state index contributed by atoms with van der Waals surface area (Å²) in [5.41, 5.74) is 0.816. The van der Waals surface area contributed by atoms with E-state index in [1.54, 1.807) is 0 Å². The number of rotatable bonds is 1. The van der Waals surface area contributed by atoms with E-state index in [0.717, 1.165) is 15.6 Å². The van der Waals surface area contributed by atoms with E-state index in [-0.39, 0.29) is 17.9 Å². The fourth-order valence-electron chi connectivity index (χ4n) is 2.19. The molecule has 1 saturated heterocycles. The van der Waals surface area contributed by atoms with Gasteiger partial charge in [0.05, 0.1) is 16.8 Å². The molecule has 1 fully saturated rings. The second kappa shape index (κ2) is 4.74. The molecule has 1 aromatic rings. The molecule has 2 atom stereocenters. The van der Waals surface area contributed by atoms with Crippen LogP contribution in [-0.4, -0.2) is 40.1 Å². The highest BCUT2D eigenvalue weighted by molar-refractivity contribution is 7.13. The van der Waals surface area contributed by atoms with Gasteiger partial charge >= 0.3 is 0 Å². The summed E-state index contributed by atoms with van der Waals surface area (Å²) >= 11 is 1.45. The van der Waals surface area contributed by atoms with Gasteiger partial charge in [-0.15, -0.1) is 11.3 Å². The van der Waals surface area contributed by atoms with E-state index in [1.807, 2.05) is 25.7 Å². The highest BCUT2D eigenvalue weighted by Gasteiger charge is 2.29. The van der Waals surface area contributed by atoms with Crippen LogP contribution in [0.3, 0.4) is 0 Å². The molecule has 1 aliphatic rings. The summed E-state index contributed by atoms with van der Waals surface area (Å²) in [5, 5.41) is 10.6. The van der Waals surface area contributed by atoms with E-state index >= 15 is 0 Å². The average molecular weight is 254 g/mol. The Balaban J connectivity index is 2.13. The number of piperidine rings is 1. The number of amides is 1. The molecule has 4 nitrogen and oxygen atoms in total. The van der Waals surface area contributed by atoms with Crippen LogP contribution in [0.2, 0.25) is 0 Å². The third-order valence-corrected chi connectivity index (χ3v) is 4.31. The van der Waals surface area contributed by atoms with Crippen LogP contribution in [0, 0.1) is 19.8 Å². The van der Waals surface area contributed by atoms with Gasteiger partial charge in [0.2, 0.25) is 0 Å². The number of carbonyl (C=O) groups excluding carboxylic acids is 1. The highest BCUT2D eigenvalue weighted by Crippen LogP contribution is 2.23. The van der Waals surface area contributed by atoms with E-state index in [0.29, 0.717) is 19.5 Å². The number of aryl methyl sites for hydroxylation is 2. The molecule has 0 radical (unpaired) electrons. The van der Waals surface area contributed by atoms with Crippen molar-refractivity contribution in [2.75, 3.05) is 13.1 Å². The summed E-state index contributed by atoms with van der Waals surface area (Å²) in [7, 11) is 0. The van der Waals surface area contributed by atoms with Gasteiger partial charge in [-0.05, 0) is 26.2 Å². The number of aliphatic hydroxyl groups is 1. The standard InChI is InChI=1S/C12H18N2O2S/c1-7-6-14(5-4-10(7)15)12(16)11-8(2)13-9(3)17-11/h7,10,15H,4-6H2,1-3H3. The monoisotopic (exact) mass is 254 g/mol. The van der Waals surface area contributed by atoms with Gasteiger partial charge in [0.1, 0.15) is 4.88 Å². The van der Waals surface area contributed by atoms with Crippen molar-refractivity contribution in [2.24, 2.45) is 5.92 Å². The fourth-order valence-corrected chi connectivity index (χ4v) is 3.08. The van der Waals surface area contributed by atoms with Gasteiger partial charge in [0.15, 0.2) is 0 Å². The van der Waals surface area contributed by atoms with Gasteiger partial charge in [-0.1, -0.05) is 6.92 Å². The van der Waals surface area contributed by atoms with Crippen LogP contribution in [0.5, 0.6) is 0 Å². The zero-order valence-corrected chi connectivity index (χ0v) is 11.3. The maximum absolute atomic E-state index is 12.3. The molecule has 1 aliphatic heterocycles. The van der Waals surface area contributed by atoms with Gasteiger partial charge in [0.25, 0.3) is 5.91 Å². The lowest BCUT2D eigenvalue weighted by molar-refractivity contribution is 0.0300. The number of aromatic nitrogens is 1. The molecule has 1 N–H and O–H groups in total. The Kier molecular flexibility index (Phi) is 3.49. The van der Waals surface area contributed by atoms with Gasteiger partial charge in [-0.25, -0.2) is 4.98 Å². The SMILES string of the molecule is Cc1nc(C)c(C(=O)N2CCC(O)C(C)C2)s1. The van der Waals surface area contributed by atoms with Crippen molar-refractivity contribution in [3.63, 3.8) is 0 Å². The van der Waals surface area contributed by atoms with E-state index < -0.39 is 0 Å². The minimum atomic E-state index is -0.275. The first-order valence-corrected chi connectivity index (χ1v) is 6.72. The number of nitrogens with zero attached hydrogens (tertiary/aromatic N) is 2. The zero-order valence-electron chi connectivity index (χ0n) is 10.4. The van der Waals surface area contributed by atoms with Crippen LogP contribution in [-0.2, 0) is 0 Å². The van der Waals surface area contributed by atoms with E-state index in [1.165, 1.54) is 11.3 Å². The van der Waals surface area contributed by atoms with E-state index in [9.17, 15) is 9.90 Å². The second-order valence-corrected chi connectivity index (χ2v) is 5.94. The van der Waals surface area contributed by atoms with Crippen LogP contribution in [0.1, 0.15) is 33.7 Å². The van der Waals surface area contributed by atoms with Crippen LogP contribution in [0.15, 0.2) is 0 Å². The van der Waals surface area contributed by atoms with Gasteiger partial charge in [0, 0.05) is 13.1 Å². The summed E-state index contributed by atoms with van der Waals surface area (Å²) in [5.74, 6) is 0.217. The molecule has 0 aromatic carbocycles. The largest absolute Gasteiger partial charge is 0.393 e. The molecule has 2 unspecified atom stereocenters. The van der Waals surface area contributed by atoms with Crippen molar-refractivity contribution in [3.05, 3.63) is 15.6 Å². The molecule has 0 aliphatic carbocycles. The van der Waals surface area contributed by atoms with Gasteiger partial charge < -0.3 is 10.0 Å². The van der Waals surface area contributed by atoms with Crippen molar-refractivity contribution in [1.82, 2.24) is 9.88 Å². The maximum Gasteiger partial charge on any atom is 0.265 e. The van der Waals surface area contributed by atoms with Crippen molar-refractivity contribution in [2.45, 2.75) is 33.3 Å². The first kappa shape index (κ1) is 12.5. The lowest BCUT2D eigenvalue weighted by Gasteiger charge is -2.34. The third kappa shape index (κ3) is 2.50. The van der Waals surface area contributed by atoms with Gasteiger partial charge in [-0.3, -0.25) is 4.79 Å². The smallest absolute Gasteiger partial charge is 0.265 e. The molecule has 2 heterocycles. The summed E-state index contributed by atoms with van der Waals surface area (Å²) < 4.78 is 0. The zero-order chi connectivity index (χ0) is 12.6. The molecule has 1 amide bonds. The third-order valence-electron chi connectivity index (χ3n) is 3.24. The van der Waals surface area contributed by atoms with E-state index in [2.05, 4.69) is 4.98 Å². The number of thiazole rings is 1. The Bertz CT molecular complexity index is 430. The number of aliphatic hydroxyl groups excluding tert-OH is 1. The quantitative estimate of drug-likeness (QED) is 0.828. The van der Waals surface area contributed by atoms with Crippen LogP contribution >= 0.6 is 11.3 Å². The Morgan fingerprint density at radius 3 is 2.76 bits per heavy atom. The second-order valence-electron chi connectivity index (χ2n) is 4.73. The van der Waals surface area contributed by atoms with Crippen molar-refractivity contribution in [1.29, 1.82) is 0 Å². The normalized spacial score (nSPS) is 25.1. The molecule has 94 valence electrons. The first-order chi connectivity index (χ1) is 7.99. The first-order valence-electron chi connectivity index (χ1n) is 5.90. The molecular formula is C12H18N2O2S. The molecule has 0 spiro atoms. The Hall–Kier alpha value is -0.940. The molecule has 0 bridgehead atoms. The lowest BCUT2D eigenvalue weighted by Crippen LogP contribution is -2.44. The van der Waals surface area contributed by atoms with E-state index in [4.69, 9.17) is 0 Å². The van der Waals surface area contributed by atoms with Gasteiger partial charge in [-0.2, -0.15) is 0 Å². The number of carbonyl (C=O) groups is 1. The minimum Gasteiger partial charge on any atom is -0.393 e.